The molecule has 1 heterocycles. The number of nitrogens with zero attached hydrogens (tertiary/aromatic N) is 1. The van der Waals surface area contributed by atoms with E-state index in [2.05, 4.69) is 9.71 Å². The maximum absolute atomic E-state index is 12.7. The molecule has 0 aliphatic carbocycles. The Morgan fingerprint density at radius 3 is 2.39 bits per heavy atom. The number of hydrogen-bond acceptors (Lipinski definition) is 4. The number of benzene rings is 2. The summed E-state index contributed by atoms with van der Waals surface area (Å²) in [5.41, 5.74) is 4.70. The number of fused-ring (bicyclic) bond motifs is 1. The van der Waals surface area contributed by atoms with Gasteiger partial charge in [-0.15, -0.1) is 0 Å². The lowest BCUT2D eigenvalue weighted by Gasteiger charge is -2.11. The summed E-state index contributed by atoms with van der Waals surface area (Å²) < 4.78 is 29.0. The SMILES string of the molecule is Cc1ccc2nc(NS(=O)(=O)c3cc(C)c(C)cc3C)sc2c1. The first-order chi connectivity index (χ1) is 10.8. The number of sulfonamides is 1. The molecule has 3 rings (SSSR count). The number of anilines is 1. The highest BCUT2D eigenvalue weighted by Gasteiger charge is 2.19. The minimum Gasteiger partial charge on any atom is -0.255 e. The van der Waals surface area contributed by atoms with Gasteiger partial charge in [-0.25, -0.2) is 13.4 Å². The van der Waals surface area contributed by atoms with Gasteiger partial charge in [0.2, 0.25) is 0 Å². The third kappa shape index (κ3) is 3.09. The topological polar surface area (TPSA) is 59.1 Å². The first-order valence-electron chi connectivity index (χ1n) is 7.24. The Morgan fingerprint density at radius 2 is 1.65 bits per heavy atom. The smallest absolute Gasteiger partial charge is 0.255 e. The van der Waals surface area contributed by atoms with Crippen LogP contribution in [-0.4, -0.2) is 13.4 Å². The Kier molecular flexibility index (Phi) is 3.90. The molecule has 0 aliphatic rings. The molecule has 6 heteroatoms. The molecule has 0 aliphatic heterocycles. The predicted molar refractivity (Wildman–Crippen MR) is 95.8 cm³/mol. The van der Waals surface area contributed by atoms with Crippen LogP contribution in [0.5, 0.6) is 0 Å². The van der Waals surface area contributed by atoms with Crippen LogP contribution in [0.1, 0.15) is 22.3 Å². The van der Waals surface area contributed by atoms with E-state index in [9.17, 15) is 8.42 Å². The second-order valence-electron chi connectivity index (χ2n) is 5.80. The zero-order valence-corrected chi connectivity index (χ0v) is 15.1. The van der Waals surface area contributed by atoms with E-state index in [1.165, 1.54) is 11.3 Å². The summed E-state index contributed by atoms with van der Waals surface area (Å²) in [6.07, 6.45) is 0. The highest BCUT2D eigenvalue weighted by molar-refractivity contribution is 7.93. The van der Waals surface area contributed by atoms with Crippen LogP contribution >= 0.6 is 11.3 Å². The van der Waals surface area contributed by atoms with Gasteiger partial charge in [-0.3, -0.25) is 4.72 Å². The van der Waals surface area contributed by atoms with Crippen molar-refractivity contribution in [2.24, 2.45) is 0 Å². The van der Waals surface area contributed by atoms with E-state index < -0.39 is 10.0 Å². The summed E-state index contributed by atoms with van der Waals surface area (Å²) in [6.45, 7) is 7.69. The fraction of sp³-hybridized carbons (Fsp3) is 0.235. The highest BCUT2D eigenvalue weighted by atomic mass is 32.2. The zero-order chi connectivity index (χ0) is 16.8. The van der Waals surface area contributed by atoms with E-state index in [0.717, 1.165) is 32.5 Å². The van der Waals surface area contributed by atoms with Crippen molar-refractivity contribution in [2.45, 2.75) is 32.6 Å². The molecule has 23 heavy (non-hydrogen) atoms. The van der Waals surface area contributed by atoms with Gasteiger partial charge in [-0.1, -0.05) is 23.5 Å². The lowest BCUT2D eigenvalue weighted by atomic mass is 10.1. The minimum absolute atomic E-state index is 0.302. The van der Waals surface area contributed by atoms with E-state index in [-0.39, 0.29) is 0 Å². The average molecular weight is 346 g/mol. The molecule has 3 aromatic rings. The summed E-state index contributed by atoms with van der Waals surface area (Å²) in [7, 11) is -3.64. The van der Waals surface area contributed by atoms with Crippen molar-refractivity contribution in [3.8, 4) is 0 Å². The molecule has 1 N–H and O–H groups in total. The van der Waals surface area contributed by atoms with Gasteiger partial charge < -0.3 is 0 Å². The Labute approximate surface area is 140 Å². The van der Waals surface area contributed by atoms with Crippen LogP contribution < -0.4 is 4.72 Å². The van der Waals surface area contributed by atoms with E-state index in [0.29, 0.717) is 10.0 Å². The molecule has 4 nitrogen and oxygen atoms in total. The predicted octanol–water partition coefficient (Wildman–Crippen LogP) is 4.33. The van der Waals surface area contributed by atoms with Crippen molar-refractivity contribution in [3.63, 3.8) is 0 Å². The van der Waals surface area contributed by atoms with Crippen molar-refractivity contribution < 1.29 is 8.42 Å². The second kappa shape index (κ2) is 5.62. The second-order valence-corrected chi connectivity index (χ2v) is 8.48. The van der Waals surface area contributed by atoms with E-state index in [1.54, 1.807) is 6.07 Å². The number of hydrogen-bond donors (Lipinski definition) is 1. The monoisotopic (exact) mass is 346 g/mol. The molecular weight excluding hydrogens is 328 g/mol. The number of aromatic nitrogens is 1. The van der Waals surface area contributed by atoms with Gasteiger partial charge in [0.05, 0.1) is 15.1 Å². The number of aryl methyl sites for hydroxylation is 4. The molecule has 0 spiro atoms. The van der Waals surface area contributed by atoms with E-state index in [4.69, 9.17) is 0 Å². The zero-order valence-electron chi connectivity index (χ0n) is 13.5. The van der Waals surface area contributed by atoms with Crippen molar-refractivity contribution >= 4 is 36.7 Å². The van der Waals surface area contributed by atoms with E-state index >= 15 is 0 Å². The Bertz CT molecular complexity index is 1000. The van der Waals surface area contributed by atoms with Gasteiger partial charge in [-0.05, 0) is 68.1 Å². The van der Waals surface area contributed by atoms with Crippen molar-refractivity contribution in [2.75, 3.05) is 4.72 Å². The largest absolute Gasteiger partial charge is 0.263 e. The first-order valence-corrected chi connectivity index (χ1v) is 9.54. The summed E-state index contributed by atoms with van der Waals surface area (Å²) in [5, 5.41) is 0.392. The molecule has 0 radical (unpaired) electrons. The van der Waals surface area contributed by atoms with Crippen molar-refractivity contribution in [1.29, 1.82) is 0 Å². The lowest BCUT2D eigenvalue weighted by molar-refractivity contribution is 0.600. The first kappa shape index (κ1) is 16.0. The average Bonchev–Trinajstić information content (AvgIpc) is 2.83. The number of nitrogens with one attached hydrogen (secondary N) is 1. The maximum atomic E-state index is 12.7. The molecule has 1 aromatic heterocycles. The molecule has 0 unspecified atom stereocenters. The van der Waals surface area contributed by atoms with Gasteiger partial charge in [0.25, 0.3) is 10.0 Å². The van der Waals surface area contributed by atoms with Crippen LogP contribution in [0.3, 0.4) is 0 Å². The molecule has 0 fully saturated rings. The third-order valence-corrected chi connectivity index (χ3v) is 6.39. The molecule has 2 aromatic carbocycles. The van der Waals surface area contributed by atoms with Crippen LogP contribution in [-0.2, 0) is 10.0 Å². The molecular formula is C17H18N2O2S2. The van der Waals surface area contributed by atoms with Gasteiger partial charge in [-0.2, -0.15) is 0 Å². The van der Waals surface area contributed by atoms with E-state index in [1.807, 2.05) is 52.0 Å². The van der Waals surface area contributed by atoms with Crippen LogP contribution in [0.4, 0.5) is 5.13 Å². The maximum Gasteiger partial charge on any atom is 0.263 e. The molecule has 0 atom stereocenters. The Balaban J connectivity index is 2.01. The molecule has 0 saturated heterocycles. The third-order valence-electron chi connectivity index (χ3n) is 3.85. The summed E-state index contributed by atoms with van der Waals surface area (Å²) in [5.74, 6) is 0. The highest BCUT2D eigenvalue weighted by Crippen LogP contribution is 2.29. The lowest BCUT2D eigenvalue weighted by Crippen LogP contribution is -2.14. The Hall–Kier alpha value is -1.92. The fourth-order valence-corrected chi connectivity index (χ4v) is 4.98. The van der Waals surface area contributed by atoms with Crippen LogP contribution in [0.15, 0.2) is 35.2 Å². The van der Waals surface area contributed by atoms with Gasteiger partial charge >= 0.3 is 0 Å². The van der Waals surface area contributed by atoms with Crippen LogP contribution in [0.25, 0.3) is 10.2 Å². The minimum atomic E-state index is -3.64. The summed E-state index contributed by atoms with van der Waals surface area (Å²) >= 11 is 1.34. The number of thiazole rings is 1. The summed E-state index contributed by atoms with van der Waals surface area (Å²) in [6, 6.07) is 9.48. The quantitative estimate of drug-likeness (QED) is 0.768. The van der Waals surface area contributed by atoms with Crippen LogP contribution in [0.2, 0.25) is 0 Å². The van der Waals surface area contributed by atoms with Crippen molar-refractivity contribution in [3.05, 3.63) is 52.6 Å². The summed E-state index contributed by atoms with van der Waals surface area (Å²) in [4.78, 5) is 4.66. The van der Waals surface area contributed by atoms with Gasteiger partial charge in [0.15, 0.2) is 5.13 Å². The van der Waals surface area contributed by atoms with Crippen molar-refractivity contribution in [1.82, 2.24) is 4.98 Å². The molecule has 120 valence electrons. The standard InChI is InChI=1S/C17H18N2O2S2/c1-10-5-6-14-15(7-10)22-17(18-14)19-23(20,21)16-9-12(3)11(2)8-13(16)4/h5-9H,1-4H3,(H,18,19). The fourth-order valence-electron chi connectivity index (χ4n) is 2.47. The van der Waals surface area contributed by atoms with Gasteiger partial charge in [0.1, 0.15) is 0 Å². The molecule has 0 amide bonds. The van der Waals surface area contributed by atoms with Gasteiger partial charge in [0, 0.05) is 0 Å². The van der Waals surface area contributed by atoms with Crippen LogP contribution in [0, 0.1) is 27.7 Å². The molecule has 0 saturated carbocycles. The normalized spacial score (nSPS) is 11.8. The Morgan fingerprint density at radius 1 is 0.957 bits per heavy atom. The number of rotatable bonds is 3. The molecule has 0 bridgehead atoms.